The van der Waals surface area contributed by atoms with E-state index in [2.05, 4.69) is 0 Å². The van der Waals surface area contributed by atoms with E-state index in [0.29, 0.717) is 84.9 Å². The summed E-state index contributed by atoms with van der Waals surface area (Å²) in [5.41, 5.74) is 2.51. The maximum absolute atomic E-state index is 12.6. The van der Waals surface area contributed by atoms with Crippen molar-refractivity contribution in [3.8, 4) is 11.5 Å². The maximum Gasteiger partial charge on any atom is 0.335 e. The van der Waals surface area contributed by atoms with Gasteiger partial charge in [0.15, 0.2) is 6.54 Å². The molecular formula is C42H35N2O12S3+. The minimum atomic E-state index is -4.67. The molecule has 3 aliphatic heterocycles. The number of benzene rings is 6. The number of carboxylic acid groups (broad SMARTS) is 1. The highest BCUT2D eigenvalue weighted by Gasteiger charge is 2.46. The van der Waals surface area contributed by atoms with Crippen LogP contribution in [-0.2, 0) is 41.2 Å². The number of rotatable bonds is 6. The summed E-state index contributed by atoms with van der Waals surface area (Å²) in [6.45, 7) is 8.70. The van der Waals surface area contributed by atoms with Crippen molar-refractivity contribution in [2.75, 3.05) is 18.0 Å². The monoisotopic (exact) mass is 855 g/mol. The van der Waals surface area contributed by atoms with E-state index < -0.39 is 47.2 Å². The third kappa shape index (κ3) is 6.02. The summed E-state index contributed by atoms with van der Waals surface area (Å²) < 4.78 is 113. The Morgan fingerprint density at radius 2 is 1.22 bits per heavy atom. The van der Waals surface area contributed by atoms with E-state index in [-0.39, 0.29) is 20.2 Å². The molecule has 0 amide bonds. The normalized spacial score (nSPS) is 16.6. The van der Waals surface area contributed by atoms with E-state index in [1.54, 1.807) is 24.3 Å². The largest absolute Gasteiger partial charge is 0.478 e. The lowest BCUT2D eigenvalue weighted by Gasteiger charge is -2.28. The lowest BCUT2D eigenvalue weighted by Crippen LogP contribution is -2.29. The van der Waals surface area contributed by atoms with Crippen LogP contribution in [0.2, 0.25) is 0 Å². The summed E-state index contributed by atoms with van der Waals surface area (Å²) in [6, 6.07) is 20.5. The maximum atomic E-state index is 12.6. The Kier molecular flexibility index (Phi) is 8.17. The minimum Gasteiger partial charge on any atom is -0.478 e. The summed E-state index contributed by atoms with van der Waals surface area (Å²) in [4.78, 5) is 12.7. The fraction of sp³-hybridized carbons (Fsp3) is 0.190. The van der Waals surface area contributed by atoms with Gasteiger partial charge in [0.1, 0.15) is 11.5 Å². The summed E-state index contributed by atoms with van der Waals surface area (Å²) in [5, 5.41) is 12.8. The molecule has 14 nitrogen and oxygen atoms in total. The molecule has 0 atom stereocenters. The van der Waals surface area contributed by atoms with Crippen molar-refractivity contribution in [2.45, 2.75) is 53.2 Å². The standard InChI is InChI=1S/C42H34N2O12S3/c1-41(2)20-43(23-7-5-22(6-8-23)40(45)46)36-30-17-26(58(50,51)52)13-15-28(30)32-19-33-29-16-14-27(59(53,54)55)18-31(29)37-35(39(33)56-38(32)34(36)41)42(3,4)21-44(37)24-9-11-25(12-10-24)57(47,48)49/h5-19H,20-21H2,1-4H3,(H3-,45,46,47,48,49,50,51,52,53,54,55)/p+1. The number of anilines is 2. The van der Waals surface area contributed by atoms with Gasteiger partial charge in [-0.15, -0.1) is 0 Å². The van der Waals surface area contributed by atoms with Crippen LogP contribution in [0.4, 0.5) is 17.1 Å². The van der Waals surface area contributed by atoms with Gasteiger partial charge in [-0.05, 0) is 91.4 Å². The predicted molar refractivity (Wildman–Crippen MR) is 219 cm³/mol. The molecule has 6 aromatic rings. The van der Waals surface area contributed by atoms with E-state index in [9.17, 15) is 48.8 Å². The summed E-state index contributed by atoms with van der Waals surface area (Å²) >= 11 is 0. The number of aromatic carboxylic acids is 1. The number of ether oxygens (including phenoxy) is 1. The Morgan fingerprint density at radius 1 is 0.661 bits per heavy atom. The zero-order valence-electron chi connectivity index (χ0n) is 31.7. The first-order valence-electron chi connectivity index (χ1n) is 18.2. The first-order chi connectivity index (χ1) is 27.5. The quantitative estimate of drug-likeness (QED) is 0.113. The second-order valence-corrected chi connectivity index (χ2v) is 20.6. The SMILES string of the molecule is CC1(C)CN(c2ccc(C(=O)O)cc2)c2c1c1c(c3ccc(S(=O)(=O)O)cc23)C=c2c(c3c(c4cc(S(=O)(=O)O)ccc24)=[N+](c2ccc(S(=O)(=O)O)cc2)CC3(C)C)O1. The first-order valence-corrected chi connectivity index (χ1v) is 22.5. The molecule has 0 saturated carbocycles. The number of carbonyl (C=O) groups is 1. The van der Waals surface area contributed by atoms with Crippen molar-refractivity contribution in [1.29, 1.82) is 0 Å². The zero-order chi connectivity index (χ0) is 42.4. The Balaban J connectivity index is 1.42. The molecule has 6 aromatic carbocycles. The second-order valence-electron chi connectivity index (χ2n) is 16.3. The van der Waals surface area contributed by atoms with E-state index in [1.807, 2.05) is 43.2 Å². The van der Waals surface area contributed by atoms with E-state index in [4.69, 9.17) is 4.74 Å². The van der Waals surface area contributed by atoms with E-state index in [0.717, 1.165) is 5.56 Å². The van der Waals surface area contributed by atoms with Gasteiger partial charge in [-0.25, -0.2) is 4.79 Å². The van der Waals surface area contributed by atoms with Crippen molar-refractivity contribution in [2.24, 2.45) is 0 Å². The van der Waals surface area contributed by atoms with Crippen molar-refractivity contribution in [3.05, 3.63) is 118 Å². The van der Waals surface area contributed by atoms with Crippen LogP contribution in [0.25, 0.3) is 27.6 Å². The number of fused-ring (bicyclic) bond motifs is 12. The molecule has 0 fully saturated rings. The fourth-order valence-electron chi connectivity index (χ4n) is 8.92. The molecule has 4 N–H and O–H groups in total. The van der Waals surface area contributed by atoms with Crippen LogP contribution in [0.1, 0.15) is 54.7 Å². The van der Waals surface area contributed by atoms with Gasteiger partial charge in [-0.2, -0.15) is 29.8 Å². The number of hydrogen-bond acceptors (Lipinski definition) is 9. The summed E-state index contributed by atoms with van der Waals surface area (Å²) in [6.07, 6.45) is 1.92. The summed E-state index contributed by atoms with van der Waals surface area (Å²) in [5.74, 6) is -0.139. The molecule has 0 saturated heterocycles. The molecule has 59 heavy (non-hydrogen) atoms. The first kappa shape index (κ1) is 38.8. The van der Waals surface area contributed by atoms with Crippen molar-refractivity contribution in [3.63, 3.8) is 0 Å². The molecule has 0 spiro atoms. The van der Waals surface area contributed by atoms with Gasteiger partial charge < -0.3 is 14.7 Å². The molecule has 0 unspecified atom stereocenters. The molecule has 9 rings (SSSR count). The Labute approximate surface area is 338 Å². The van der Waals surface area contributed by atoms with Crippen LogP contribution in [0, 0.1) is 0 Å². The Bertz CT molecular complexity index is 3400. The Morgan fingerprint density at radius 3 is 1.80 bits per heavy atom. The van der Waals surface area contributed by atoms with Gasteiger partial charge in [-0.3, -0.25) is 13.7 Å². The third-order valence-corrected chi connectivity index (χ3v) is 14.0. The van der Waals surface area contributed by atoms with Crippen LogP contribution >= 0.6 is 0 Å². The average Bonchev–Trinajstić information content (AvgIpc) is 3.62. The van der Waals surface area contributed by atoms with Gasteiger partial charge in [-0.1, -0.05) is 26.0 Å². The van der Waals surface area contributed by atoms with E-state index in [1.165, 1.54) is 60.7 Å². The molecule has 0 bridgehead atoms. The molecule has 302 valence electrons. The molecule has 0 aromatic heterocycles. The second kappa shape index (κ2) is 12.4. The predicted octanol–water partition coefficient (Wildman–Crippen LogP) is 5.91. The molecule has 3 heterocycles. The number of hydrogen-bond donors (Lipinski definition) is 4. The van der Waals surface area contributed by atoms with Crippen molar-refractivity contribution in [1.82, 2.24) is 4.58 Å². The zero-order valence-corrected chi connectivity index (χ0v) is 34.2. The van der Waals surface area contributed by atoms with Gasteiger partial charge in [0, 0.05) is 51.5 Å². The number of carboxylic acids is 1. The Hall–Kier alpha value is -5.69. The lowest BCUT2D eigenvalue weighted by molar-refractivity contribution is 0.0696. The third-order valence-electron chi connectivity index (χ3n) is 11.5. The molecule has 17 heteroatoms. The summed E-state index contributed by atoms with van der Waals surface area (Å²) in [7, 11) is -13.8. The minimum absolute atomic E-state index is 0.0850. The van der Waals surface area contributed by atoms with Gasteiger partial charge >= 0.3 is 5.97 Å². The highest BCUT2D eigenvalue weighted by molar-refractivity contribution is 7.86. The van der Waals surface area contributed by atoms with Crippen LogP contribution in [0.3, 0.4) is 0 Å². The molecule has 0 aliphatic carbocycles. The fourth-order valence-corrected chi connectivity index (χ4v) is 10.4. The van der Waals surface area contributed by atoms with Crippen LogP contribution < -0.4 is 24.8 Å². The molecular weight excluding hydrogens is 821 g/mol. The number of nitrogens with zero attached hydrogens (tertiary/aromatic N) is 2. The van der Waals surface area contributed by atoms with Gasteiger partial charge in [0.05, 0.1) is 42.3 Å². The average molecular weight is 856 g/mol. The van der Waals surface area contributed by atoms with Crippen molar-refractivity contribution < 1.29 is 53.5 Å². The molecule has 3 aliphatic rings. The van der Waals surface area contributed by atoms with Crippen LogP contribution in [-0.4, -0.2) is 63.1 Å². The smallest absolute Gasteiger partial charge is 0.335 e. The van der Waals surface area contributed by atoms with Gasteiger partial charge in [0.25, 0.3) is 30.4 Å². The van der Waals surface area contributed by atoms with Crippen molar-refractivity contribution >= 4 is 81.0 Å². The van der Waals surface area contributed by atoms with Crippen LogP contribution in [0.15, 0.2) is 99.6 Å². The van der Waals surface area contributed by atoms with Gasteiger partial charge in [0.2, 0.25) is 11.0 Å². The van der Waals surface area contributed by atoms with E-state index >= 15 is 0 Å². The highest BCUT2D eigenvalue weighted by Crippen LogP contribution is 2.56. The van der Waals surface area contributed by atoms with Crippen LogP contribution in [0.5, 0.6) is 11.5 Å². The lowest BCUT2D eigenvalue weighted by atomic mass is 9.81. The molecule has 0 radical (unpaired) electrons. The highest BCUT2D eigenvalue weighted by atomic mass is 32.2. The topological polar surface area (TPSA) is 216 Å².